The van der Waals surface area contributed by atoms with E-state index in [1.165, 1.54) is 6.07 Å². The van der Waals surface area contributed by atoms with Gasteiger partial charge >= 0.3 is 0 Å². The van der Waals surface area contributed by atoms with E-state index < -0.39 is 0 Å². The number of hydrogen-bond donors (Lipinski definition) is 1. The molecule has 0 spiro atoms. The fourth-order valence-corrected chi connectivity index (χ4v) is 2.59. The second kappa shape index (κ2) is 6.83. The average Bonchev–Trinajstić information content (AvgIpc) is 2.65. The molecule has 3 nitrogen and oxygen atoms in total. The molecule has 1 N–H and O–H groups in total. The Morgan fingerprint density at radius 1 is 1.40 bits per heavy atom. The van der Waals surface area contributed by atoms with Crippen LogP contribution in [0.3, 0.4) is 0 Å². The van der Waals surface area contributed by atoms with Gasteiger partial charge in [0.2, 0.25) is 0 Å². The fourth-order valence-electron chi connectivity index (χ4n) is 1.95. The van der Waals surface area contributed by atoms with Crippen LogP contribution in [0.1, 0.15) is 20.3 Å². The molecule has 0 bridgehead atoms. The van der Waals surface area contributed by atoms with Crippen LogP contribution in [0, 0.1) is 16.5 Å². The van der Waals surface area contributed by atoms with Crippen molar-refractivity contribution < 1.29 is 9.13 Å². The van der Waals surface area contributed by atoms with Gasteiger partial charge in [-0.15, -0.1) is 0 Å². The van der Waals surface area contributed by atoms with Gasteiger partial charge in [-0.05, 0) is 46.6 Å². The first kappa shape index (κ1) is 15.7. The van der Waals surface area contributed by atoms with Gasteiger partial charge < -0.3 is 14.3 Å². The van der Waals surface area contributed by atoms with Crippen LogP contribution in [-0.2, 0) is 11.3 Å². The van der Waals surface area contributed by atoms with E-state index >= 15 is 0 Å². The van der Waals surface area contributed by atoms with Gasteiger partial charge in [-0.3, -0.25) is 0 Å². The number of nitrogens with one attached hydrogen (secondary N) is 1. The van der Waals surface area contributed by atoms with Crippen LogP contribution in [0.25, 0.3) is 11.0 Å². The summed E-state index contributed by atoms with van der Waals surface area (Å²) in [7, 11) is 0. The van der Waals surface area contributed by atoms with Crippen molar-refractivity contribution in [2.24, 2.45) is 5.92 Å². The largest absolute Gasteiger partial charge is 0.380 e. The zero-order valence-corrected chi connectivity index (χ0v) is 14.0. The highest BCUT2D eigenvalue weighted by molar-refractivity contribution is 9.10. The first-order chi connectivity index (χ1) is 9.49. The Morgan fingerprint density at radius 2 is 2.15 bits per heavy atom. The van der Waals surface area contributed by atoms with E-state index in [-0.39, 0.29) is 5.82 Å². The van der Waals surface area contributed by atoms with Crippen molar-refractivity contribution in [3.8, 4) is 0 Å². The highest BCUT2D eigenvalue weighted by Gasteiger charge is 2.08. The lowest BCUT2D eigenvalue weighted by molar-refractivity contribution is 0.116. The summed E-state index contributed by atoms with van der Waals surface area (Å²) in [6.45, 7) is 6.27. The van der Waals surface area contributed by atoms with Crippen molar-refractivity contribution in [2.45, 2.75) is 26.8 Å². The summed E-state index contributed by atoms with van der Waals surface area (Å²) in [5.41, 5.74) is 1.59. The number of nitrogens with zero attached hydrogens (tertiary/aromatic N) is 1. The summed E-state index contributed by atoms with van der Waals surface area (Å²) in [5.74, 6) is 0.345. The SMILES string of the molecule is CC(C)CCOCCn1c(=S)[nH]c2cc(Br)c(F)cc21. The summed E-state index contributed by atoms with van der Waals surface area (Å²) in [6.07, 6.45) is 1.04. The lowest BCUT2D eigenvalue weighted by atomic mass is 10.1. The molecule has 6 heteroatoms. The molecule has 20 heavy (non-hydrogen) atoms. The van der Waals surface area contributed by atoms with Crippen molar-refractivity contribution in [2.75, 3.05) is 13.2 Å². The minimum atomic E-state index is -0.291. The van der Waals surface area contributed by atoms with E-state index in [1.807, 2.05) is 4.57 Å². The molecule has 0 fully saturated rings. The van der Waals surface area contributed by atoms with Crippen LogP contribution in [0.5, 0.6) is 0 Å². The summed E-state index contributed by atoms with van der Waals surface area (Å²) in [5, 5.41) is 0. The van der Waals surface area contributed by atoms with Gasteiger partial charge in [-0.25, -0.2) is 4.39 Å². The van der Waals surface area contributed by atoms with Gasteiger partial charge in [0.25, 0.3) is 0 Å². The van der Waals surface area contributed by atoms with Crippen LogP contribution in [-0.4, -0.2) is 22.8 Å². The molecule has 0 unspecified atom stereocenters. The van der Waals surface area contributed by atoms with Crippen molar-refractivity contribution in [3.05, 3.63) is 27.2 Å². The van der Waals surface area contributed by atoms with E-state index in [0.717, 1.165) is 24.1 Å². The molecule has 0 aliphatic heterocycles. The maximum atomic E-state index is 13.6. The Morgan fingerprint density at radius 3 is 2.85 bits per heavy atom. The molecular weight excluding hydrogens is 343 g/mol. The highest BCUT2D eigenvalue weighted by Crippen LogP contribution is 2.23. The standard InChI is InChI=1S/C14H18BrFN2OS/c1-9(2)3-5-19-6-4-18-13-8-11(16)10(15)7-12(13)17-14(18)20/h7-9H,3-6H2,1-2H3,(H,17,20). The van der Waals surface area contributed by atoms with Gasteiger partial charge in [0.1, 0.15) is 5.82 Å². The Labute approximate surface area is 131 Å². The van der Waals surface area contributed by atoms with Gasteiger partial charge in [0, 0.05) is 19.2 Å². The van der Waals surface area contributed by atoms with Crippen LogP contribution >= 0.6 is 28.1 Å². The number of H-pyrrole nitrogens is 1. The minimum Gasteiger partial charge on any atom is -0.380 e. The third-order valence-corrected chi connectivity index (χ3v) is 4.05. The van der Waals surface area contributed by atoms with Gasteiger partial charge in [-0.2, -0.15) is 0 Å². The molecule has 0 aliphatic carbocycles. The Balaban J connectivity index is 2.08. The molecule has 1 aromatic carbocycles. The topological polar surface area (TPSA) is 29.9 Å². The Kier molecular flexibility index (Phi) is 5.35. The smallest absolute Gasteiger partial charge is 0.178 e. The number of fused-ring (bicyclic) bond motifs is 1. The molecule has 0 atom stereocenters. The highest BCUT2D eigenvalue weighted by atomic mass is 79.9. The summed E-state index contributed by atoms with van der Waals surface area (Å²) < 4.78 is 22.1. The fraction of sp³-hybridized carbons (Fsp3) is 0.500. The van der Waals surface area contributed by atoms with Crippen molar-refractivity contribution in [1.82, 2.24) is 9.55 Å². The molecule has 2 rings (SSSR count). The van der Waals surface area contributed by atoms with Gasteiger partial charge in [0.15, 0.2) is 4.77 Å². The predicted octanol–water partition coefficient (Wildman–Crippen LogP) is 4.66. The summed E-state index contributed by atoms with van der Waals surface area (Å²) >= 11 is 8.45. The first-order valence-corrected chi connectivity index (χ1v) is 7.84. The molecule has 1 aromatic heterocycles. The van der Waals surface area contributed by atoms with Gasteiger partial charge in [-0.1, -0.05) is 13.8 Å². The molecule has 0 saturated carbocycles. The number of imidazole rings is 1. The molecular formula is C14H18BrFN2OS. The second-order valence-corrected chi connectivity index (χ2v) is 6.40. The van der Waals surface area contributed by atoms with E-state index in [0.29, 0.717) is 28.3 Å². The average molecular weight is 361 g/mol. The zero-order valence-electron chi connectivity index (χ0n) is 11.6. The third-order valence-electron chi connectivity index (χ3n) is 3.11. The number of aromatic amines is 1. The maximum absolute atomic E-state index is 13.6. The number of benzene rings is 1. The Bertz CT molecular complexity index is 650. The number of ether oxygens (including phenoxy) is 1. The molecule has 1 heterocycles. The Hall–Kier alpha value is -0.720. The molecule has 0 amide bonds. The van der Waals surface area contributed by atoms with Crippen LogP contribution in [0.4, 0.5) is 4.39 Å². The van der Waals surface area contributed by atoms with E-state index in [1.54, 1.807) is 6.07 Å². The summed E-state index contributed by atoms with van der Waals surface area (Å²) in [6, 6.07) is 3.19. The number of hydrogen-bond acceptors (Lipinski definition) is 2. The van der Waals surface area contributed by atoms with E-state index in [2.05, 4.69) is 34.8 Å². The van der Waals surface area contributed by atoms with E-state index in [9.17, 15) is 4.39 Å². The van der Waals surface area contributed by atoms with Crippen LogP contribution in [0.15, 0.2) is 16.6 Å². The van der Waals surface area contributed by atoms with Crippen molar-refractivity contribution >= 4 is 39.2 Å². The second-order valence-electron chi connectivity index (χ2n) is 5.16. The van der Waals surface area contributed by atoms with Gasteiger partial charge in [0.05, 0.1) is 22.1 Å². The quantitative estimate of drug-likeness (QED) is 0.599. The molecule has 0 saturated heterocycles. The predicted molar refractivity (Wildman–Crippen MR) is 85.1 cm³/mol. The maximum Gasteiger partial charge on any atom is 0.178 e. The molecule has 0 aliphatic rings. The third kappa shape index (κ3) is 3.68. The lowest BCUT2D eigenvalue weighted by Crippen LogP contribution is -2.08. The normalized spacial score (nSPS) is 11.7. The number of rotatable bonds is 6. The molecule has 0 radical (unpaired) electrons. The zero-order chi connectivity index (χ0) is 14.7. The first-order valence-electron chi connectivity index (χ1n) is 6.64. The van der Waals surface area contributed by atoms with Crippen molar-refractivity contribution in [3.63, 3.8) is 0 Å². The monoisotopic (exact) mass is 360 g/mol. The van der Waals surface area contributed by atoms with E-state index in [4.69, 9.17) is 17.0 Å². The number of aromatic nitrogens is 2. The lowest BCUT2D eigenvalue weighted by Gasteiger charge is -2.08. The van der Waals surface area contributed by atoms with Crippen LogP contribution < -0.4 is 0 Å². The van der Waals surface area contributed by atoms with Crippen molar-refractivity contribution in [1.29, 1.82) is 0 Å². The van der Waals surface area contributed by atoms with Crippen LogP contribution in [0.2, 0.25) is 0 Å². The molecule has 110 valence electrons. The minimum absolute atomic E-state index is 0.291. The summed E-state index contributed by atoms with van der Waals surface area (Å²) in [4.78, 5) is 3.08. The number of halogens is 2. The molecule has 2 aromatic rings.